The summed E-state index contributed by atoms with van der Waals surface area (Å²) in [5.41, 5.74) is 9.70. The van der Waals surface area contributed by atoms with Gasteiger partial charge in [-0.05, 0) is 70.6 Å². The van der Waals surface area contributed by atoms with E-state index in [1.165, 1.54) is 45.5 Å². The minimum absolute atomic E-state index is 0. The number of fused-ring (bicyclic) bond motifs is 2. The zero-order valence-corrected chi connectivity index (χ0v) is 33.9. The van der Waals surface area contributed by atoms with Crippen LogP contribution in [0.3, 0.4) is 0 Å². The predicted octanol–water partition coefficient (Wildman–Crippen LogP) is 12.9. The molecule has 0 saturated carbocycles. The molecule has 2 nitrogen and oxygen atoms in total. The van der Waals surface area contributed by atoms with Crippen LogP contribution in [-0.4, -0.2) is 4.98 Å². The number of aromatic nitrogens is 2. The molecule has 3 heteroatoms. The van der Waals surface area contributed by atoms with Gasteiger partial charge in [-0.2, -0.15) is 73.9 Å². The molecule has 2 aromatic heterocycles. The van der Waals surface area contributed by atoms with Gasteiger partial charge in [-0.3, -0.25) is 4.98 Å². The second-order valence-electron chi connectivity index (χ2n) is 12.5. The van der Waals surface area contributed by atoms with Gasteiger partial charge in [0.25, 0.3) is 0 Å². The van der Waals surface area contributed by atoms with Gasteiger partial charge in [0.1, 0.15) is 0 Å². The fraction of sp³-hybridized carbons (Fsp3) is 0.102. The van der Waals surface area contributed by atoms with Crippen molar-refractivity contribution in [1.82, 2.24) is 9.97 Å². The van der Waals surface area contributed by atoms with Gasteiger partial charge in [0.2, 0.25) is 0 Å². The number of pyridine rings is 1. The maximum absolute atomic E-state index is 5.00. The molecular weight excluding hydrogens is 795 g/mol. The molecule has 0 spiro atoms. The molecule has 0 aliphatic rings. The molecule has 0 radical (unpaired) electrons. The summed E-state index contributed by atoms with van der Waals surface area (Å²) in [6, 6.07) is 57.8. The molecule has 52 heavy (non-hydrogen) atoms. The molecule has 2 heterocycles. The molecule has 0 N–H and O–H groups in total. The monoisotopic (exact) mass is 842 g/mol. The van der Waals surface area contributed by atoms with Crippen molar-refractivity contribution in [3.8, 4) is 22.6 Å². The minimum atomic E-state index is 0. The van der Waals surface area contributed by atoms with E-state index in [-0.39, 0.29) is 25.8 Å². The summed E-state index contributed by atoms with van der Waals surface area (Å²) in [5, 5.41) is 5.05. The number of hydrogen-bond acceptors (Lipinski definition) is 1. The summed E-state index contributed by atoms with van der Waals surface area (Å²) in [6.07, 6.45) is 3.57. The first-order valence-electron chi connectivity index (χ1n) is 17.5. The first-order chi connectivity index (χ1) is 24.9. The van der Waals surface area contributed by atoms with Gasteiger partial charge < -0.3 is 4.98 Å². The Labute approximate surface area is 329 Å². The first-order valence-corrected chi connectivity index (χ1v) is 17.5. The number of unbranched alkanes of at least 4 members (excludes halogenated alkanes) is 1. The maximum atomic E-state index is 5.00. The zero-order chi connectivity index (χ0) is 35.8. The van der Waals surface area contributed by atoms with Crippen LogP contribution in [0, 0.1) is 27.7 Å². The quantitative estimate of drug-likeness (QED) is 0.0981. The fourth-order valence-electron chi connectivity index (χ4n) is 5.70. The average molecular weight is 841 g/mol. The van der Waals surface area contributed by atoms with Gasteiger partial charge in [0.05, 0.1) is 0 Å². The molecule has 0 unspecified atom stereocenters. The number of aryl methyl sites for hydroxylation is 2. The first kappa shape index (κ1) is 39.5. The van der Waals surface area contributed by atoms with E-state index in [2.05, 4.69) is 93.3 Å². The van der Waals surface area contributed by atoms with Crippen LogP contribution in [-0.2, 0) is 32.3 Å². The topological polar surface area (TPSA) is 27.0 Å². The van der Waals surface area contributed by atoms with Crippen molar-refractivity contribution in [3.05, 3.63) is 219 Å². The average Bonchev–Trinajstić information content (AvgIpc) is 3.65. The molecule has 0 aliphatic carbocycles. The summed E-state index contributed by atoms with van der Waals surface area (Å²) < 4.78 is 0. The standard InChI is InChI=1S/C28H25N2.3C7H7.Hf/c1-3-4-9-20-13-14-24-22(17-20)18-21-10-5-6-11-23(21)28(24)27-16-15-26(30-27)25-12-7-8-19(2)29-25;3*1-7-5-3-2-4-6-7;/h5-8,10-18H,3-4,9H2,1-2H3;3*2-6H,1H2;/q4*-1;+4. The van der Waals surface area contributed by atoms with Crippen LogP contribution < -0.4 is 4.98 Å². The Morgan fingerprint density at radius 2 is 1.06 bits per heavy atom. The number of hydrogen-bond donors (Lipinski definition) is 0. The Morgan fingerprint density at radius 3 is 1.60 bits per heavy atom. The van der Waals surface area contributed by atoms with Crippen molar-refractivity contribution in [2.45, 2.75) is 33.1 Å². The molecule has 0 amide bonds. The Balaban J connectivity index is 0.000000221. The molecule has 0 fully saturated rings. The maximum Gasteiger partial charge on any atom is 4.00 e. The fourth-order valence-corrected chi connectivity index (χ4v) is 5.70. The molecular formula is C49H46HfN2. The summed E-state index contributed by atoms with van der Waals surface area (Å²) in [5.74, 6) is 0. The third-order valence-electron chi connectivity index (χ3n) is 8.32. The summed E-state index contributed by atoms with van der Waals surface area (Å²) in [6.45, 7) is 15.4. The molecule has 0 aliphatic heterocycles. The predicted molar refractivity (Wildman–Crippen MR) is 219 cm³/mol. The third-order valence-corrected chi connectivity index (χ3v) is 8.32. The zero-order valence-electron chi connectivity index (χ0n) is 30.3. The Morgan fingerprint density at radius 1 is 0.519 bits per heavy atom. The minimum Gasteiger partial charge on any atom is -0.656 e. The smallest absolute Gasteiger partial charge is 0.656 e. The van der Waals surface area contributed by atoms with Crippen molar-refractivity contribution in [3.63, 3.8) is 0 Å². The second kappa shape index (κ2) is 20.6. The van der Waals surface area contributed by atoms with Gasteiger partial charge >= 0.3 is 25.8 Å². The number of benzene rings is 6. The van der Waals surface area contributed by atoms with Gasteiger partial charge in [0.15, 0.2) is 0 Å². The van der Waals surface area contributed by atoms with Crippen molar-refractivity contribution in [2.24, 2.45) is 0 Å². The van der Waals surface area contributed by atoms with Crippen molar-refractivity contribution < 1.29 is 25.8 Å². The van der Waals surface area contributed by atoms with Crippen LogP contribution in [0.1, 0.15) is 47.7 Å². The number of rotatable bonds is 5. The van der Waals surface area contributed by atoms with E-state index in [4.69, 9.17) is 4.98 Å². The Kier molecular flexibility index (Phi) is 15.6. The van der Waals surface area contributed by atoms with Gasteiger partial charge in [-0.1, -0.05) is 92.2 Å². The Hall–Kier alpha value is -5.25. The van der Waals surface area contributed by atoms with E-state index in [1.807, 2.05) is 116 Å². The third kappa shape index (κ3) is 11.6. The largest absolute Gasteiger partial charge is 4.00 e. The summed E-state index contributed by atoms with van der Waals surface area (Å²) >= 11 is 0. The Bertz CT molecular complexity index is 2130. The summed E-state index contributed by atoms with van der Waals surface area (Å²) in [4.78, 5) is 9.65. The van der Waals surface area contributed by atoms with Gasteiger partial charge in [-0.15, -0.1) is 47.8 Å². The van der Waals surface area contributed by atoms with Gasteiger partial charge in [-0.25, -0.2) is 0 Å². The molecule has 6 aromatic carbocycles. The molecule has 0 saturated heterocycles. The van der Waals surface area contributed by atoms with E-state index in [9.17, 15) is 0 Å². The van der Waals surface area contributed by atoms with Crippen molar-refractivity contribution in [2.75, 3.05) is 0 Å². The van der Waals surface area contributed by atoms with E-state index in [0.29, 0.717) is 0 Å². The molecule has 0 atom stereocenters. The second-order valence-corrected chi connectivity index (χ2v) is 12.5. The summed E-state index contributed by atoms with van der Waals surface area (Å²) in [7, 11) is 0. The van der Waals surface area contributed by atoms with Gasteiger partial charge in [0, 0.05) is 11.4 Å². The van der Waals surface area contributed by atoms with Crippen LogP contribution in [0.25, 0.3) is 44.2 Å². The van der Waals surface area contributed by atoms with Crippen LogP contribution >= 0.6 is 0 Å². The van der Waals surface area contributed by atoms with E-state index >= 15 is 0 Å². The van der Waals surface area contributed by atoms with Crippen molar-refractivity contribution >= 4 is 21.5 Å². The SMILES string of the molecule is CCCCc1ccc2c(-c3ccc(-c4cccc(C)n4)[n-]3)c3ccccc3cc2c1.[CH2-]c1ccccc1.[CH2-]c1ccccc1.[CH2-]c1ccccc1.[Hf+4]. The molecule has 8 aromatic rings. The molecule has 256 valence electrons. The van der Waals surface area contributed by atoms with Crippen LogP contribution in [0.5, 0.6) is 0 Å². The van der Waals surface area contributed by atoms with Crippen LogP contribution in [0.2, 0.25) is 0 Å². The van der Waals surface area contributed by atoms with E-state index in [1.54, 1.807) is 0 Å². The van der Waals surface area contributed by atoms with Crippen LogP contribution in [0.4, 0.5) is 0 Å². The molecule has 0 bridgehead atoms. The van der Waals surface area contributed by atoms with E-state index in [0.717, 1.165) is 45.9 Å². The van der Waals surface area contributed by atoms with E-state index < -0.39 is 0 Å². The molecule has 8 rings (SSSR count). The van der Waals surface area contributed by atoms with Crippen LogP contribution in [0.15, 0.2) is 170 Å². The van der Waals surface area contributed by atoms with Crippen molar-refractivity contribution in [1.29, 1.82) is 0 Å². The normalized spacial score (nSPS) is 10.0. The number of nitrogens with zero attached hydrogens (tertiary/aromatic N) is 2.